The molecule has 0 spiro atoms. The summed E-state index contributed by atoms with van der Waals surface area (Å²) in [4.78, 5) is 57.0. The lowest BCUT2D eigenvalue weighted by Gasteiger charge is -2.44. The third kappa shape index (κ3) is 4.68. The lowest BCUT2D eigenvalue weighted by atomic mass is 9.83. The molecule has 40 heavy (non-hydrogen) atoms. The van der Waals surface area contributed by atoms with Crippen molar-refractivity contribution in [2.75, 3.05) is 18.5 Å². The van der Waals surface area contributed by atoms with E-state index in [-0.39, 0.29) is 41.5 Å². The van der Waals surface area contributed by atoms with Crippen molar-refractivity contribution in [2.45, 2.75) is 43.9 Å². The summed E-state index contributed by atoms with van der Waals surface area (Å²) in [6, 6.07) is 8.09. The lowest BCUT2D eigenvalue weighted by Crippen LogP contribution is -2.58. The highest BCUT2D eigenvalue weighted by molar-refractivity contribution is 6.12. The van der Waals surface area contributed by atoms with E-state index in [0.717, 1.165) is 28.0 Å². The summed E-state index contributed by atoms with van der Waals surface area (Å²) >= 11 is 0. The molecule has 2 aromatic carbocycles. The van der Waals surface area contributed by atoms with Crippen molar-refractivity contribution in [2.24, 2.45) is 0 Å². The van der Waals surface area contributed by atoms with Gasteiger partial charge in [-0.15, -0.1) is 0 Å². The molecular formula is C28H24F3N5O4. The van der Waals surface area contributed by atoms with Crippen LogP contribution in [0.2, 0.25) is 0 Å². The first kappa shape index (κ1) is 26.9. The van der Waals surface area contributed by atoms with E-state index in [0.29, 0.717) is 30.5 Å². The summed E-state index contributed by atoms with van der Waals surface area (Å²) in [7, 11) is 1.58. The fraction of sp³-hybridized carbons (Fsp3) is 0.321. The standard InChI is InChI=1S/C28H24F3N5O4/c1-34-13-12-20(25(34)38)33-26(39)36-24(17-10-8-16(15-32)9-11-17)23-21(6-3-7-22(23)37)35(27(36)40)19-5-2-4-18(14-19)28(29,30)31/h2,4-5,8-11,14,20,24H,3,6-7,12-13H2,1H3,(H,33,39). The Hall–Kier alpha value is -4.66. The van der Waals surface area contributed by atoms with Crippen molar-refractivity contribution in [3.8, 4) is 6.07 Å². The zero-order valence-corrected chi connectivity index (χ0v) is 21.4. The second-order valence-electron chi connectivity index (χ2n) is 9.86. The first-order valence-corrected chi connectivity index (χ1v) is 12.6. The zero-order chi connectivity index (χ0) is 28.8. The van der Waals surface area contributed by atoms with Crippen LogP contribution in [0.4, 0.5) is 28.4 Å². The molecule has 2 aliphatic heterocycles. The maximum absolute atomic E-state index is 14.1. The Labute approximate surface area is 227 Å². The maximum Gasteiger partial charge on any atom is 0.416 e. The second-order valence-corrected chi connectivity index (χ2v) is 9.86. The summed E-state index contributed by atoms with van der Waals surface area (Å²) < 4.78 is 40.7. The number of likely N-dealkylation sites (tertiary alicyclic amines) is 1. The van der Waals surface area contributed by atoms with Crippen LogP contribution in [0.5, 0.6) is 0 Å². The van der Waals surface area contributed by atoms with Gasteiger partial charge in [-0.2, -0.15) is 18.4 Å². The van der Waals surface area contributed by atoms with Crippen molar-refractivity contribution in [3.63, 3.8) is 0 Å². The quantitative estimate of drug-likeness (QED) is 0.603. The number of alkyl halides is 3. The normalized spacial score (nSPS) is 21.5. The van der Waals surface area contributed by atoms with Crippen LogP contribution in [0.25, 0.3) is 0 Å². The van der Waals surface area contributed by atoms with Crippen molar-refractivity contribution < 1.29 is 32.3 Å². The number of hydrogen-bond acceptors (Lipinski definition) is 5. The van der Waals surface area contributed by atoms with Gasteiger partial charge >= 0.3 is 18.2 Å². The van der Waals surface area contributed by atoms with Crippen molar-refractivity contribution in [1.29, 1.82) is 5.26 Å². The third-order valence-corrected chi connectivity index (χ3v) is 7.36. The van der Waals surface area contributed by atoms with Gasteiger partial charge in [0.1, 0.15) is 6.04 Å². The Bertz CT molecular complexity index is 1480. The molecule has 2 aromatic rings. The summed E-state index contributed by atoms with van der Waals surface area (Å²) in [6.07, 6.45) is -3.68. The number of imide groups is 1. The number of carbonyl (C=O) groups is 4. The lowest BCUT2D eigenvalue weighted by molar-refractivity contribution is -0.137. The molecule has 2 heterocycles. The van der Waals surface area contributed by atoms with Crippen LogP contribution in [0.3, 0.4) is 0 Å². The van der Waals surface area contributed by atoms with Crippen LogP contribution < -0.4 is 10.2 Å². The second kappa shape index (κ2) is 10.1. The topological polar surface area (TPSA) is 114 Å². The van der Waals surface area contributed by atoms with Crippen LogP contribution in [0.15, 0.2) is 59.8 Å². The molecule has 0 bridgehead atoms. The monoisotopic (exact) mass is 551 g/mol. The molecule has 0 radical (unpaired) electrons. The fourth-order valence-corrected chi connectivity index (χ4v) is 5.37. The number of nitrogens with zero attached hydrogens (tertiary/aromatic N) is 4. The van der Waals surface area contributed by atoms with Crippen LogP contribution in [-0.2, 0) is 15.8 Å². The van der Waals surface area contributed by atoms with E-state index in [9.17, 15) is 37.6 Å². The van der Waals surface area contributed by atoms with Gasteiger partial charge in [-0.25, -0.2) is 14.5 Å². The number of ketones is 1. The Kier molecular flexibility index (Phi) is 6.83. The van der Waals surface area contributed by atoms with Crippen molar-refractivity contribution in [3.05, 3.63) is 76.5 Å². The number of anilines is 1. The van der Waals surface area contributed by atoms with Gasteiger partial charge in [-0.05, 0) is 55.2 Å². The van der Waals surface area contributed by atoms with Crippen LogP contribution >= 0.6 is 0 Å². The third-order valence-electron chi connectivity index (χ3n) is 7.36. The van der Waals surface area contributed by atoms with Crippen molar-refractivity contribution >= 4 is 29.4 Å². The summed E-state index contributed by atoms with van der Waals surface area (Å²) in [5.74, 6) is -0.703. The molecule has 0 saturated carbocycles. The summed E-state index contributed by atoms with van der Waals surface area (Å²) in [5.41, 5.74) is -0.129. The predicted molar refractivity (Wildman–Crippen MR) is 136 cm³/mol. The van der Waals surface area contributed by atoms with Gasteiger partial charge < -0.3 is 10.2 Å². The first-order valence-electron chi connectivity index (χ1n) is 12.6. The van der Waals surface area contributed by atoms with E-state index >= 15 is 0 Å². The number of hydrogen-bond donors (Lipinski definition) is 1. The minimum absolute atomic E-state index is 0.109. The molecule has 2 atom stereocenters. The molecule has 9 nitrogen and oxygen atoms in total. The molecule has 1 N–H and O–H groups in total. The smallest absolute Gasteiger partial charge is 0.344 e. The van der Waals surface area contributed by atoms with Gasteiger partial charge in [-0.3, -0.25) is 14.5 Å². The van der Waals surface area contributed by atoms with E-state index in [4.69, 9.17) is 0 Å². The number of benzene rings is 2. The molecule has 3 aliphatic rings. The molecule has 0 aromatic heterocycles. The molecule has 2 unspecified atom stereocenters. The number of Topliss-reactive ketones (excluding diaryl/α,β-unsaturated/α-hetero) is 1. The average Bonchev–Trinajstić information content (AvgIpc) is 3.24. The predicted octanol–water partition coefficient (Wildman–Crippen LogP) is 4.51. The Morgan fingerprint density at radius 2 is 1.80 bits per heavy atom. The molecule has 1 saturated heterocycles. The molecule has 1 fully saturated rings. The van der Waals surface area contributed by atoms with E-state index in [1.165, 1.54) is 35.2 Å². The number of nitrogens with one attached hydrogen (secondary N) is 1. The van der Waals surface area contributed by atoms with E-state index in [1.807, 2.05) is 6.07 Å². The number of allylic oxidation sites excluding steroid dienone is 1. The summed E-state index contributed by atoms with van der Waals surface area (Å²) in [6.45, 7) is 0.390. The molecule has 206 valence electrons. The highest BCUT2D eigenvalue weighted by Gasteiger charge is 2.48. The van der Waals surface area contributed by atoms with Crippen LogP contribution in [0, 0.1) is 11.3 Å². The minimum Gasteiger partial charge on any atom is -0.344 e. The minimum atomic E-state index is -4.69. The zero-order valence-electron chi connectivity index (χ0n) is 21.4. The van der Waals surface area contributed by atoms with E-state index in [1.54, 1.807) is 7.05 Å². The van der Waals surface area contributed by atoms with Crippen LogP contribution in [-0.4, -0.2) is 53.2 Å². The number of halogens is 3. The van der Waals surface area contributed by atoms with E-state index in [2.05, 4.69) is 5.32 Å². The molecule has 5 rings (SSSR count). The number of nitriles is 1. The van der Waals surface area contributed by atoms with E-state index < -0.39 is 35.9 Å². The maximum atomic E-state index is 14.1. The fourth-order valence-electron chi connectivity index (χ4n) is 5.37. The Balaban J connectivity index is 1.68. The van der Waals surface area contributed by atoms with Gasteiger partial charge in [0.25, 0.3) is 0 Å². The highest BCUT2D eigenvalue weighted by Crippen LogP contribution is 2.45. The number of amides is 5. The molecule has 12 heteroatoms. The number of likely N-dealkylation sites (N-methyl/N-ethyl adjacent to an activating group) is 1. The Morgan fingerprint density at radius 1 is 1.07 bits per heavy atom. The number of rotatable bonds is 3. The van der Waals surface area contributed by atoms with Gasteiger partial charge in [-0.1, -0.05) is 18.2 Å². The summed E-state index contributed by atoms with van der Waals surface area (Å²) in [5, 5.41) is 11.8. The van der Waals surface area contributed by atoms with Gasteiger partial charge in [0.2, 0.25) is 5.91 Å². The molecule has 1 aliphatic carbocycles. The number of carbonyl (C=O) groups excluding carboxylic acids is 4. The number of urea groups is 2. The van der Waals surface area contributed by atoms with Crippen LogP contribution in [0.1, 0.15) is 48.4 Å². The SMILES string of the molecule is CN1CCC(NC(=O)N2C(=O)N(c3cccc(C(F)(F)F)c3)C3=C(C(=O)CCC3)C2c2ccc(C#N)cc2)C1=O. The average molecular weight is 552 g/mol. The van der Waals surface area contributed by atoms with Gasteiger partial charge in [0.05, 0.1) is 28.9 Å². The van der Waals surface area contributed by atoms with Gasteiger partial charge in [0.15, 0.2) is 5.78 Å². The molecule has 5 amide bonds. The Morgan fingerprint density at radius 3 is 2.42 bits per heavy atom. The van der Waals surface area contributed by atoms with Crippen molar-refractivity contribution in [1.82, 2.24) is 15.1 Å². The molecular weight excluding hydrogens is 527 g/mol. The largest absolute Gasteiger partial charge is 0.416 e. The highest BCUT2D eigenvalue weighted by atomic mass is 19.4. The first-order chi connectivity index (χ1) is 19.0. The van der Waals surface area contributed by atoms with Gasteiger partial charge in [0, 0.05) is 31.3 Å².